The number of ether oxygens (including phenoxy) is 1. The number of hydrogen-bond acceptors (Lipinski definition) is 4. The van der Waals surface area contributed by atoms with Crippen LogP contribution in [0.1, 0.15) is 50.1 Å². The molecular formula is C24H31N3O3. The molecule has 1 saturated carbocycles. The number of likely N-dealkylation sites (tertiary alicyclic amines) is 1. The van der Waals surface area contributed by atoms with E-state index in [2.05, 4.69) is 0 Å². The van der Waals surface area contributed by atoms with E-state index in [9.17, 15) is 9.59 Å². The predicted octanol–water partition coefficient (Wildman–Crippen LogP) is 3.59. The number of carbonyl (C=O) groups excluding carboxylic acids is 1. The molecule has 1 amide bonds. The smallest absolute Gasteiger partial charge is 0.267 e. The predicted molar refractivity (Wildman–Crippen MR) is 116 cm³/mol. The number of aryl methyl sites for hydroxylation is 1. The van der Waals surface area contributed by atoms with Crippen molar-refractivity contribution in [3.05, 3.63) is 52.3 Å². The zero-order chi connectivity index (χ0) is 21.1. The second kappa shape index (κ2) is 9.13. The van der Waals surface area contributed by atoms with Crippen LogP contribution in [-0.2, 0) is 9.53 Å². The minimum atomic E-state index is -0.0603. The molecule has 160 valence electrons. The van der Waals surface area contributed by atoms with Gasteiger partial charge >= 0.3 is 0 Å². The Balaban J connectivity index is 1.43. The normalized spacial score (nSPS) is 22.8. The van der Waals surface area contributed by atoms with Gasteiger partial charge in [0.05, 0.1) is 17.8 Å². The lowest BCUT2D eigenvalue weighted by molar-refractivity contribution is -0.138. The van der Waals surface area contributed by atoms with E-state index in [4.69, 9.17) is 9.84 Å². The Bertz CT molecular complexity index is 924. The highest BCUT2D eigenvalue weighted by Crippen LogP contribution is 2.30. The van der Waals surface area contributed by atoms with Crippen molar-refractivity contribution < 1.29 is 9.53 Å². The summed E-state index contributed by atoms with van der Waals surface area (Å²) in [6.07, 6.45) is 5.60. The van der Waals surface area contributed by atoms with Crippen LogP contribution < -0.4 is 5.56 Å². The lowest BCUT2D eigenvalue weighted by Crippen LogP contribution is -2.44. The Morgan fingerprint density at radius 1 is 1.03 bits per heavy atom. The summed E-state index contributed by atoms with van der Waals surface area (Å²) in [5, 5.41) is 4.73. The molecule has 2 aromatic rings. The summed E-state index contributed by atoms with van der Waals surface area (Å²) >= 11 is 0. The maximum absolute atomic E-state index is 12.9. The molecule has 0 radical (unpaired) electrons. The fourth-order valence-corrected chi connectivity index (χ4v) is 4.83. The summed E-state index contributed by atoms with van der Waals surface area (Å²) in [5.74, 6) is 0.398. The van der Waals surface area contributed by atoms with E-state index in [1.165, 1.54) is 0 Å². The minimum absolute atomic E-state index is 0.0360. The van der Waals surface area contributed by atoms with Gasteiger partial charge in [-0.05, 0) is 51.0 Å². The van der Waals surface area contributed by atoms with Crippen molar-refractivity contribution >= 4 is 5.91 Å². The molecule has 1 aromatic carbocycles. The monoisotopic (exact) mass is 409 g/mol. The Morgan fingerprint density at radius 2 is 1.70 bits per heavy atom. The third-order valence-corrected chi connectivity index (χ3v) is 6.67. The fraction of sp³-hybridized carbons (Fsp3) is 0.542. The molecule has 0 spiro atoms. The molecule has 0 atom stereocenters. The number of rotatable bonds is 4. The van der Waals surface area contributed by atoms with Gasteiger partial charge in [0.1, 0.15) is 0 Å². The van der Waals surface area contributed by atoms with Crippen LogP contribution in [0.2, 0.25) is 0 Å². The number of benzene rings is 1. The van der Waals surface area contributed by atoms with Crippen molar-refractivity contribution in [1.82, 2.24) is 14.7 Å². The van der Waals surface area contributed by atoms with Gasteiger partial charge in [-0.3, -0.25) is 9.59 Å². The largest absolute Gasteiger partial charge is 0.381 e. The summed E-state index contributed by atoms with van der Waals surface area (Å²) in [4.78, 5) is 27.6. The Labute approximate surface area is 177 Å². The molecule has 2 fully saturated rings. The number of nitrogens with zero attached hydrogens (tertiary/aromatic N) is 3. The first kappa shape index (κ1) is 20.8. The van der Waals surface area contributed by atoms with Crippen molar-refractivity contribution in [3.8, 4) is 11.3 Å². The number of piperidine rings is 1. The maximum Gasteiger partial charge on any atom is 0.267 e. The van der Waals surface area contributed by atoms with Crippen molar-refractivity contribution in [3.63, 3.8) is 0 Å². The minimum Gasteiger partial charge on any atom is -0.381 e. The number of aromatic nitrogens is 2. The van der Waals surface area contributed by atoms with Gasteiger partial charge < -0.3 is 9.64 Å². The van der Waals surface area contributed by atoms with Crippen LogP contribution in [0.25, 0.3) is 11.3 Å². The van der Waals surface area contributed by atoms with E-state index in [1.54, 1.807) is 17.9 Å². The average Bonchev–Trinajstić information content (AvgIpc) is 2.79. The lowest BCUT2D eigenvalue weighted by Gasteiger charge is -2.36. The molecule has 6 nitrogen and oxygen atoms in total. The van der Waals surface area contributed by atoms with Crippen LogP contribution in [0.4, 0.5) is 0 Å². The Kier molecular flexibility index (Phi) is 6.32. The van der Waals surface area contributed by atoms with Gasteiger partial charge in [0.25, 0.3) is 5.56 Å². The highest BCUT2D eigenvalue weighted by molar-refractivity contribution is 5.79. The second-order valence-electron chi connectivity index (χ2n) is 8.59. The highest BCUT2D eigenvalue weighted by atomic mass is 16.5. The topological polar surface area (TPSA) is 64.4 Å². The van der Waals surface area contributed by atoms with Crippen LogP contribution >= 0.6 is 0 Å². The summed E-state index contributed by atoms with van der Waals surface area (Å²) in [6, 6.07) is 11.7. The number of amides is 1. The van der Waals surface area contributed by atoms with Crippen LogP contribution in [0.5, 0.6) is 0 Å². The summed E-state index contributed by atoms with van der Waals surface area (Å²) in [5.41, 5.74) is 2.70. The van der Waals surface area contributed by atoms with E-state index >= 15 is 0 Å². The molecule has 1 aliphatic heterocycles. The fourth-order valence-electron chi connectivity index (χ4n) is 4.83. The van der Waals surface area contributed by atoms with Crippen molar-refractivity contribution in [2.75, 3.05) is 20.2 Å². The summed E-state index contributed by atoms with van der Waals surface area (Å²) in [7, 11) is 1.75. The third-order valence-electron chi connectivity index (χ3n) is 6.67. The average molecular weight is 410 g/mol. The van der Waals surface area contributed by atoms with E-state index in [1.807, 2.05) is 42.2 Å². The van der Waals surface area contributed by atoms with Gasteiger partial charge in [0.2, 0.25) is 5.91 Å². The first-order valence-corrected chi connectivity index (χ1v) is 11.0. The molecule has 0 N–H and O–H groups in total. The van der Waals surface area contributed by atoms with Crippen LogP contribution in [0.3, 0.4) is 0 Å². The molecule has 1 aliphatic carbocycles. The molecule has 2 aliphatic rings. The maximum atomic E-state index is 12.9. The first-order chi connectivity index (χ1) is 14.6. The lowest BCUT2D eigenvalue weighted by atomic mass is 9.86. The van der Waals surface area contributed by atoms with Crippen LogP contribution in [-0.4, -0.2) is 46.9 Å². The van der Waals surface area contributed by atoms with Crippen molar-refractivity contribution in [2.45, 2.75) is 57.6 Å². The molecule has 6 heteroatoms. The summed E-state index contributed by atoms with van der Waals surface area (Å²) in [6.45, 7) is 3.31. The Morgan fingerprint density at radius 3 is 2.33 bits per heavy atom. The van der Waals surface area contributed by atoms with Crippen LogP contribution in [0, 0.1) is 12.8 Å². The van der Waals surface area contributed by atoms with Gasteiger partial charge in [-0.1, -0.05) is 30.3 Å². The van der Waals surface area contributed by atoms with Crippen molar-refractivity contribution in [2.24, 2.45) is 5.92 Å². The van der Waals surface area contributed by atoms with E-state index < -0.39 is 0 Å². The second-order valence-corrected chi connectivity index (χ2v) is 8.59. The highest BCUT2D eigenvalue weighted by Gasteiger charge is 2.32. The van der Waals surface area contributed by atoms with Crippen molar-refractivity contribution in [1.29, 1.82) is 0 Å². The molecule has 1 aromatic heterocycles. The molecule has 0 bridgehead atoms. The molecule has 2 heterocycles. The van der Waals surface area contributed by atoms with E-state index in [0.717, 1.165) is 55.3 Å². The zero-order valence-corrected chi connectivity index (χ0v) is 17.9. The van der Waals surface area contributed by atoms with Gasteiger partial charge in [-0.2, -0.15) is 5.10 Å². The molecule has 1 saturated heterocycles. The van der Waals surface area contributed by atoms with Gasteiger partial charge in [0, 0.05) is 37.7 Å². The standard InChI is InChI=1S/C24H31N3O3/c1-17-16-22(28)27(25-23(17)18-6-4-3-5-7-18)20-12-14-26(15-13-20)24(29)19-8-10-21(30-2)11-9-19/h3-7,16,19-21H,8-15H2,1-2H3. The SMILES string of the molecule is COC1CCC(C(=O)N2CCC(n3nc(-c4ccccc4)c(C)cc3=O)CC2)CC1. The van der Waals surface area contributed by atoms with E-state index in [-0.39, 0.29) is 23.4 Å². The third kappa shape index (κ3) is 4.33. The van der Waals surface area contributed by atoms with Crippen LogP contribution in [0.15, 0.2) is 41.2 Å². The molecule has 4 rings (SSSR count). The Hall–Kier alpha value is -2.47. The molecule has 0 unspecified atom stereocenters. The van der Waals surface area contributed by atoms with Gasteiger partial charge in [-0.25, -0.2) is 4.68 Å². The first-order valence-electron chi connectivity index (χ1n) is 11.0. The number of methoxy groups -OCH3 is 1. The van der Waals surface area contributed by atoms with Gasteiger partial charge in [0.15, 0.2) is 0 Å². The zero-order valence-electron chi connectivity index (χ0n) is 17.9. The van der Waals surface area contributed by atoms with E-state index in [0.29, 0.717) is 19.2 Å². The molecular weight excluding hydrogens is 378 g/mol. The number of hydrogen-bond donors (Lipinski definition) is 0. The van der Waals surface area contributed by atoms with Gasteiger partial charge in [-0.15, -0.1) is 0 Å². The quantitative estimate of drug-likeness (QED) is 0.774. The molecule has 30 heavy (non-hydrogen) atoms. The number of carbonyl (C=O) groups is 1. The summed E-state index contributed by atoms with van der Waals surface area (Å²) < 4.78 is 7.06.